The Kier molecular flexibility index (Phi) is 6.20. The summed E-state index contributed by atoms with van der Waals surface area (Å²) in [5.74, 6) is -0.516. The van der Waals surface area contributed by atoms with Crippen molar-refractivity contribution in [1.29, 1.82) is 0 Å². The van der Waals surface area contributed by atoms with Gasteiger partial charge in [-0.3, -0.25) is 9.59 Å². The van der Waals surface area contributed by atoms with E-state index in [1.165, 1.54) is 18.0 Å². The van der Waals surface area contributed by atoms with Crippen molar-refractivity contribution in [1.82, 2.24) is 4.90 Å². The van der Waals surface area contributed by atoms with Crippen LogP contribution in [0.1, 0.15) is 0 Å². The van der Waals surface area contributed by atoms with Crippen molar-refractivity contribution in [2.45, 2.75) is 0 Å². The highest BCUT2D eigenvalue weighted by Gasteiger charge is 2.15. The monoisotopic (exact) mass is 392 g/mol. The van der Waals surface area contributed by atoms with Gasteiger partial charge in [0.15, 0.2) is 18.1 Å². The number of aromatic hydroxyl groups is 1. The molecule has 0 saturated carbocycles. The predicted molar refractivity (Wildman–Crippen MR) is 94.0 cm³/mol. The van der Waals surface area contributed by atoms with Crippen LogP contribution in [0.5, 0.6) is 11.5 Å². The Morgan fingerprint density at radius 3 is 2.54 bits per heavy atom. The molecule has 0 atom stereocenters. The summed E-state index contributed by atoms with van der Waals surface area (Å²) >= 11 is 3.34. The van der Waals surface area contributed by atoms with Gasteiger partial charge in [0.05, 0.1) is 12.2 Å². The molecular formula is C17H17BrN2O4. The second-order valence-corrected chi connectivity index (χ2v) is 5.89. The van der Waals surface area contributed by atoms with E-state index < -0.39 is 0 Å². The van der Waals surface area contributed by atoms with Crippen LogP contribution < -0.4 is 10.1 Å². The Balaban J connectivity index is 1.84. The SMILES string of the molecule is CN(CC(=O)Nc1ccccc1Br)C(=O)COc1ccccc1O. The first kappa shape index (κ1) is 17.8. The zero-order chi connectivity index (χ0) is 17.5. The molecule has 126 valence electrons. The molecule has 2 aromatic carbocycles. The van der Waals surface area contributed by atoms with Gasteiger partial charge in [-0.1, -0.05) is 24.3 Å². The highest BCUT2D eigenvalue weighted by Crippen LogP contribution is 2.24. The number of likely N-dealkylation sites (N-methyl/N-ethyl adjacent to an activating group) is 1. The fourth-order valence-corrected chi connectivity index (χ4v) is 2.27. The highest BCUT2D eigenvalue weighted by atomic mass is 79.9. The molecule has 0 fully saturated rings. The number of hydrogen-bond donors (Lipinski definition) is 2. The normalized spacial score (nSPS) is 10.1. The topological polar surface area (TPSA) is 78.9 Å². The van der Waals surface area contributed by atoms with Crippen molar-refractivity contribution in [2.75, 3.05) is 25.5 Å². The third kappa shape index (κ3) is 4.99. The van der Waals surface area contributed by atoms with E-state index in [4.69, 9.17) is 4.74 Å². The maximum absolute atomic E-state index is 12.0. The van der Waals surface area contributed by atoms with Gasteiger partial charge in [-0.25, -0.2) is 0 Å². The third-order valence-electron chi connectivity index (χ3n) is 3.17. The average molecular weight is 393 g/mol. The number of carbonyl (C=O) groups is 2. The molecule has 0 heterocycles. The fourth-order valence-electron chi connectivity index (χ4n) is 1.88. The van der Waals surface area contributed by atoms with Crippen molar-refractivity contribution in [3.8, 4) is 11.5 Å². The quantitative estimate of drug-likeness (QED) is 0.791. The van der Waals surface area contributed by atoms with Crippen LogP contribution in [0.3, 0.4) is 0 Å². The molecule has 24 heavy (non-hydrogen) atoms. The highest BCUT2D eigenvalue weighted by molar-refractivity contribution is 9.10. The molecule has 0 aliphatic heterocycles. The molecule has 0 aromatic heterocycles. The number of phenols is 1. The Morgan fingerprint density at radius 2 is 1.83 bits per heavy atom. The molecule has 0 saturated heterocycles. The van der Waals surface area contributed by atoms with E-state index >= 15 is 0 Å². The molecule has 2 amide bonds. The van der Waals surface area contributed by atoms with Crippen LogP contribution in [0, 0.1) is 0 Å². The van der Waals surface area contributed by atoms with Crippen molar-refractivity contribution < 1.29 is 19.4 Å². The molecular weight excluding hydrogens is 376 g/mol. The summed E-state index contributed by atoms with van der Waals surface area (Å²) in [7, 11) is 1.51. The number of halogens is 1. The first-order chi connectivity index (χ1) is 11.5. The number of para-hydroxylation sites is 3. The Morgan fingerprint density at radius 1 is 1.17 bits per heavy atom. The molecule has 0 aliphatic carbocycles. The van der Waals surface area contributed by atoms with Gasteiger partial charge < -0.3 is 20.1 Å². The lowest BCUT2D eigenvalue weighted by Gasteiger charge is -2.17. The van der Waals surface area contributed by atoms with Crippen LogP contribution in [0.4, 0.5) is 5.69 Å². The van der Waals surface area contributed by atoms with Crippen molar-refractivity contribution in [2.24, 2.45) is 0 Å². The van der Waals surface area contributed by atoms with Gasteiger partial charge in [-0.2, -0.15) is 0 Å². The van der Waals surface area contributed by atoms with E-state index in [9.17, 15) is 14.7 Å². The van der Waals surface area contributed by atoms with Gasteiger partial charge in [-0.05, 0) is 40.2 Å². The lowest BCUT2D eigenvalue weighted by molar-refractivity contribution is -0.135. The van der Waals surface area contributed by atoms with E-state index in [-0.39, 0.29) is 36.5 Å². The Labute approximate surface area is 148 Å². The smallest absolute Gasteiger partial charge is 0.260 e. The maximum atomic E-state index is 12.0. The number of phenolic OH excluding ortho intramolecular Hbond substituents is 1. The van der Waals surface area contributed by atoms with Gasteiger partial charge in [0, 0.05) is 11.5 Å². The largest absolute Gasteiger partial charge is 0.504 e. The number of ether oxygens (including phenoxy) is 1. The van der Waals surface area contributed by atoms with Crippen LogP contribution in [0.25, 0.3) is 0 Å². The molecule has 0 spiro atoms. The summed E-state index contributed by atoms with van der Waals surface area (Å²) in [6.45, 7) is -0.374. The molecule has 0 aliphatic rings. The summed E-state index contributed by atoms with van der Waals surface area (Å²) in [6.07, 6.45) is 0. The second kappa shape index (κ2) is 8.35. The van der Waals surface area contributed by atoms with Gasteiger partial charge in [0.2, 0.25) is 5.91 Å². The fraction of sp³-hybridized carbons (Fsp3) is 0.176. The maximum Gasteiger partial charge on any atom is 0.260 e. The first-order valence-corrected chi connectivity index (χ1v) is 7.96. The number of benzene rings is 2. The second-order valence-electron chi connectivity index (χ2n) is 5.03. The summed E-state index contributed by atoms with van der Waals surface area (Å²) in [5, 5.41) is 12.3. The number of nitrogens with zero attached hydrogens (tertiary/aromatic N) is 1. The molecule has 7 heteroatoms. The average Bonchev–Trinajstić information content (AvgIpc) is 2.56. The van der Waals surface area contributed by atoms with Crippen molar-refractivity contribution in [3.63, 3.8) is 0 Å². The first-order valence-electron chi connectivity index (χ1n) is 7.16. The molecule has 6 nitrogen and oxygen atoms in total. The van der Waals surface area contributed by atoms with E-state index in [1.807, 2.05) is 12.1 Å². The summed E-state index contributed by atoms with van der Waals surface area (Å²) < 4.78 is 6.02. The molecule has 2 rings (SSSR count). The summed E-state index contributed by atoms with van der Waals surface area (Å²) in [6, 6.07) is 13.6. The summed E-state index contributed by atoms with van der Waals surface area (Å²) in [4.78, 5) is 25.3. The molecule has 0 bridgehead atoms. The Hall–Kier alpha value is -2.54. The minimum atomic E-state index is -0.375. The molecule has 0 radical (unpaired) electrons. The number of anilines is 1. The van der Waals surface area contributed by atoms with Gasteiger partial charge >= 0.3 is 0 Å². The Bertz CT molecular complexity index is 736. The van der Waals surface area contributed by atoms with E-state index in [0.29, 0.717) is 5.69 Å². The lowest BCUT2D eigenvalue weighted by Crippen LogP contribution is -2.37. The van der Waals surface area contributed by atoms with Crippen LogP contribution in [-0.4, -0.2) is 42.0 Å². The van der Waals surface area contributed by atoms with Crippen LogP contribution in [-0.2, 0) is 9.59 Å². The molecule has 0 unspecified atom stereocenters. The number of hydrogen-bond acceptors (Lipinski definition) is 4. The van der Waals surface area contributed by atoms with Crippen molar-refractivity contribution in [3.05, 3.63) is 53.0 Å². The van der Waals surface area contributed by atoms with Crippen LogP contribution in [0.2, 0.25) is 0 Å². The zero-order valence-corrected chi connectivity index (χ0v) is 14.6. The third-order valence-corrected chi connectivity index (χ3v) is 3.86. The standard InChI is InChI=1S/C17H17BrN2O4/c1-20(10-16(22)19-13-7-3-2-6-12(13)18)17(23)11-24-15-9-5-4-8-14(15)21/h2-9,21H,10-11H2,1H3,(H,19,22). The van der Waals surface area contributed by atoms with Crippen LogP contribution >= 0.6 is 15.9 Å². The van der Waals surface area contributed by atoms with E-state index in [1.54, 1.807) is 30.3 Å². The minimum Gasteiger partial charge on any atom is -0.504 e. The zero-order valence-electron chi connectivity index (χ0n) is 13.0. The number of nitrogens with one attached hydrogen (secondary N) is 1. The minimum absolute atomic E-state index is 0.0420. The van der Waals surface area contributed by atoms with Crippen molar-refractivity contribution >= 4 is 33.4 Å². The molecule has 2 N–H and O–H groups in total. The predicted octanol–water partition coefficient (Wildman–Crippen LogP) is 2.63. The van der Waals surface area contributed by atoms with E-state index in [0.717, 1.165) is 4.47 Å². The number of amides is 2. The van der Waals surface area contributed by atoms with E-state index in [2.05, 4.69) is 21.2 Å². The van der Waals surface area contributed by atoms with Gasteiger partial charge in [0.1, 0.15) is 0 Å². The number of carbonyl (C=O) groups excluding carboxylic acids is 2. The summed E-state index contributed by atoms with van der Waals surface area (Å²) in [5.41, 5.74) is 0.633. The molecule has 2 aromatic rings. The lowest BCUT2D eigenvalue weighted by atomic mass is 10.3. The van der Waals surface area contributed by atoms with Gasteiger partial charge in [-0.15, -0.1) is 0 Å². The number of rotatable bonds is 6. The van der Waals surface area contributed by atoms with Gasteiger partial charge in [0.25, 0.3) is 5.91 Å². The van der Waals surface area contributed by atoms with Crippen LogP contribution in [0.15, 0.2) is 53.0 Å².